The first-order chi connectivity index (χ1) is 5.65. The minimum atomic E-state index is -0.378. The van der Waals surface area contributed by atoms with E-state index in [0.717, 1.165) is 17.5 Å². The molecule has 0 bridgehead atoms. The van der Waals surface area contributed by atoms with E-state index in [2.05, 4.69) is 18.8 Å². The van der Waals surface area contributed by atoms with Crippen molar-refractivity contribution in [1.29, 1.82) is 0 Å². The van der Waals surface area contributed by atoms with Gasteiger partial charge in [0.05, 0.1) is 0 Å². The van der Waals surface area contributed by atoms with Gasteiger partial charge in [0.15, 0.2) is 0 Å². The van der Waals surface area contributed by atoms with Gasteiger partial charge in [0.2, 0.25) is 5.95 Å². The summed E-state index contributed by atoms with van der Waals surface area (Å²) in [5, 5.41) is 0. The molecular formula is C10H14FN. The molecule has 0 saturated carbocycles. The number of pyridine rings is 1. The van der Waals surface area contributed by atoms with E-state index in [9.17, 15) is 4.39 Å². The van der Waals surface area contributed by atoms with Gasteiger partial charge in [0, 0.05) is 6.20 Å². The summed E-state index contributed by atoms with van der Waals surface area (Å²) in [6, 6.07) is 1.52. The summed E-state index contributed by atoms with van der Waals surface area (Å²) in [5.74, 6) is 0.0456. The Morgan fingerprint density at radius 2 is 2.17 bits per heavy atom. The van der Waals surface area contributed by atoms with Crippen LogP contribution in [-0.2, 0) is 6.42 Å². The van der Waals surface area contributed by atoms with Gasteiger partial charge in [-0.1, -0.05) is 20.8 Å². The molecule has 1 nitrogen and oxygen atoms in total. The number of hydrogen-bond donors (Lipinski definition) is 0. The van der Waals surface area contributed by atoms with Crippen molar-refractivity contribution in [3.63, 3.8) is 0 Å². The van der Waals surface area contributed by atoms with Crippen molar-refractivity contribution in [3.05, 3.63) is 29.3 Å². The zero-order valence-corrected chi connectivity index (χ0v) is 7.76. The Labute approximate surface area is 72.6 Å². The summed E-state index contributed by atoms with van der Waals surface area (Å²) in [5.41, 5.74) is 2.22. The van der Waals surface area contributed by atoms with Gasteiger partial charge in [-0.25, -0.2) is 4.98 Å². The highest BCUT2D eigenvalue weighted by molar-refractivity contribution is 5.26. The number of nitrogens with zero attached hydrogens (tertiary/aromatic N) is 1. The van der Waals surface area contributed by atoms with E-state index in [1.54, 1.807) is 6.20 Å². The highest BCUT2D eigenvalue weighted by Gasteiger charge is 2.06. The number of rotatable bonds is 2. The molecule has 0 spiro atoms. The average molecular weight is 167 g/mol. The molecule has 1 rings (SSSR count). The molecule has 1 aromatic heterocycles. The normalized spacial score (nSPS) is 10.8. The van der Waals surface area contributed by atoms with Crippen LogP contribution in [0.3, 0.4) is 0 Å². The standard InChI is InChI=1S/C10H14FN/c1-4-8-5-10(11)12-6-9(8)7(2)3/h5-7H,4H2,1-3H3. The van der Waals surface area contributed by atoms with E-state index in [4.69, 9.17) is 0 Å². The maximum absolute atomic E-state index is 12.7. The molecule has 0 N–H and O–H groups in total. The fraction of sp³-hybridized carbons (Fsp3) is 0.500. The lowest BCUT2D eigenvalue weighted by Gasteiger charge is -2.09. The van der Waals surface area contributed by atoms with Crippen LogP contribution in [0.4, 0.5) is 4.39 Å². The smallest absolute Gasteiger partial charge is 0.213 e. The topological polar surface area (TPSA) is 12.9 Å². The van der Waals surface area contributed by atoms with Crippen molar-refractivity contribution >= 4 is 0 Å². The Kier molecular flexibility index (Phi) is 2.79. The van der Waals surface area contributed by atoms with Crippen LogP contribution in [-0.4, -0.2) is 4.98 Å². The molecule has 0 fully saturated rings. The van der Waals surface area contributed by atoms with Crippen molar-refractivity contribution in [2.45, 2.75) is 33.1 Å². The molecule has 12 heavy (non-hydrogen) atoms. The Bertz CT molecular complexity index is 269. The maximum Gasteiger partial charge on any atom is 0.213 e. The highest BCUT2D eigenvalue weighted by atomic mass is 19.1. The minimum Gasteiger partial charge on any atom is -0.228 e. The summed E-state index contributed by atoms with van der Waals surface area (Å²) in [6.45, 7) is 6.21. The largest absolute Gasteiger partial charge is 0.228 e. The Hall–Kier alpha value is -0.920. The molecule has 2 heteroatoms. The number of halogens is 1. The van der Waals surface area contributed by atoms with Crippen LogP contribution in [0.2, 0.25) is 0 Å². The van der Waals surface area contributed by atoms with E-state index >= 15 is 0 Å². The number of aryl methyl sites for hydroxylation is 1. The van der Waals surface area contributed by atoms with Crippen molar-refractivity contribution in [3.8, 4) is 0 Å². The van der Waals surface area contributed by atoms with Gasteiger partial charge in [-0.3, -0.25) is 0 Å². The minimum absolute atomic E-state index is 0.378. The molecule has 0 saturated heterocycles. The lowest BCUT2D eigenvalue weighted by molar-refractivity contribution is 0.578. The summed E-state index contributed by atoms with van der Waals surface area (Å²) in [6.07, 6.45) is 2.51. The predicted molar refractivity (Wildman–Crippen MR) is 47.7 cm³/mol. The molecule has 0 amide bonds. The van der Waals surface area contributed by atoms with Crippen LogP contribution in [0, 0.1) is 5.95 Å². The molecule has 0 aliphatic carbocycles. The van der Waals surface area contributed by atoms with E-state index in [1.165, 1.54) is 6.07 Å². The number of aromatic nitrogens is 1. The second kappa shape index (κ2) is 3.65. The zero-order valence-electron chi connectivity index (χ0n) is 7.76. The molecule has 0 atom stereocenters. The predicted octanol–water partition coefficient (Wildman–Crippen LogP) is 2.91. The molecule has 1 heterocycles. The van der Waals surface area contributed by atoms with E-state index in [-0.39, 0.29) is 5.95 Å². The summed E-state index contributed by atoms with van der Waals surface area (Å²) >= 11 is 0. The van der Waals surface area contributed by atoms with Gasteiger partial charge >= 0.3 is 0 Å². The summed E-state index contributed by atoms with van der Waals surface area (Å²) < 4.78 is 12.7. The van der Waals surface area contributed by atoms with Crippen molar-refractivity contribution in [2.24, 2.45) is 0 Å². The van der Waals surface area contributed by atoms with E-state index in [0.29, 0.717) is 5.92 Å². The van der Waals surface area contributed by atoms with Crippen LogP contribution in [0.15, 0.2) is 12.3 Å². The fourth-order valence-corrected chi connectivity index (χ4v) is 1.30. The second-order valence-corrected chi connectivity index (χ2v) is 3.21. The first-order valence-electron chi connectivity index (χ1n) is 4.29. The average Bonchev–Trinajstić information content (AvgIpc) is 2.03. The number of hydrogen-bond acceptors (Lipinski definition) is 1. The lowest BCUT2D eigenvalue weighted by Crippen LogP contribution is -1.98. The van der Waals surface area contributed by atoms with Crippen molar-refractivity contribution in [2.75, 3.05) is 0 Å². The lowest BCUT2D eigenvalue weighted by atomic mass is 9.98. The van der Waals surface area contributed by atoms with Crippen LogP contribution in [0.5, 0.6) is 0 Å². The first kappa shape index (κ1) is 9.17. The van der Waals surface area contributed by atoms with Gasteiger partial charge in [0.1, 0.15) is 0 Å². The van der Waals surface area contributed by atoms with E-state index < -0.39 is 0 Å². The Morgan fingerprint density at radius 3 is 2.67 bits per heavy atom. The van der Waals surface area contributed by atoms with Crippen LogP contribution < -0.4 is 0 Å². The highest BCUT2D eigenvalue weighted by Crippen LogP contribution is 2.19. The zero-order chi connectivity index (χ0) is 9.14. The molecule has 0 radical (unpaired) electrons. The molecule has 0 aliphatic heterocycles. The fourth-order valence-electron chi connectivity index (χ4n) is 1.30. The first-order valence-corrected chi connectivity index (χ1v) is 4.29. The summed E-state index contributed by atoms with van der Waals surface area (Å²) in [7, 11) is 0. The van der Waals surface area contributed by atoms with Gasteiger partial charge in [-0.05, 0) is 29.5 Å². The maximum atomic E-state index is 12.7. The van der Waals surface area contributed by atoms with E-state index in [1.807, 2.05) is 6.92 Å². The van der Waals surface area contributed by atoms with Crippen LogP contribution in [0.1, 0.15) is 37.8 Å². The van der Waals surface area contributed by atoms with Gasteiger partial charge in [-0.2, -0.15) is 4.39 Å². The van der Waals surface area contributed by atoms with Gasteiger partial charge < -0.3 is 0 Å². The monoisotopic (exact) mass is 167 g/mol. The third-order valence-corrected chi connectivity index (χ3v) is 1.99. The van der Waals surface area contributed by atoms with Crippen molar-refractivity contribution < 1.29 is 4.39 Å². The summed E-state index contributed by atoms with van der Waals surface area (Å²) in [4.78, 5) is 3.64. The molecule has 66 valence electrons. The molecule has 0 aliphatic rings. The van der Waals surface area contributed by atoms with Crippen LogP contribution >= 0.6 is 0 Å². The Morgan fingerprint density at radius 1 is 1.50 bits per heavy atom. The molecule has 0 aromatic carbocycles. The second-order valence-electron chi connectivity index (χ2n) is 3.21. The SMILES string of the molecule is CCc1cc(F)ncc1C(C)C. The van der Waals surface area contributed by atoms with Crippen molar-refractivity contribution in [1.82, 2.24) is 4.98 Å². The third kappa shape index (κ3) is 1.81. The molecule has 0 unspecified atom stereocenters. The molecule has 1 aromatic rings. The van der Waals surface area contributed by atoms with Crippen LogP contribution in [0.25, 0.3) is 0 Å². The van der Waals surface area contributed by atoms with Gasteiger partial charge in [0.25, 0.3) is 0 Å². The Balaban J connectivity index is 3.11. The third-order valence-electron chi connectivity index (χ3n) is 1.99. The quantitative estimate of drug-likeness (QED) is 0.617. The molecular weight excluding hydrogens is 153 g/mol. The van der Waals surface area contributed by atoms with Gasteiger partial charge in [-0.15, -0.1) is 0 Å².